The minimum Gasteiger partial charge on any atom is -0.292 e. The molecule has 0 saturated carbocycles. The van der Waals surface area contributed by atoms with Gasteiger partial charge in [-0.25, -0.2) is 8.78 Å². The van der Waals surface area contributed by atoms with Gasteiger partial charge in [-0.1, -0.05) is 6.92 Å². The molecule has 0 amide bonds. The highest BCUT2D eigenvalue weighted by atomic mass is 19.1. The summed E-state index contributed by atoms with van der Waals surface area (Å²) < 4.78 is 26.1. The van der Waals surface area contributed by atoms with Crippen LogP contribution in [0.5, 0.6) is 0 Å². The van der Waals surface area contributed by atoms with Crippen LogP contribution < -0.4 is 0 Å². The van der Waals surface area contributed by atoms with Crippen LogP contribution in [0.25, 0.3) is 0 Å². The van der Waals surface area contributed by atoms with Crippen molar-refractivity contribution in [3.63, 3.8) is 0 Å². The van der Waals surface area contributed by atoms with Crippen molar-refractivity contribution in [3.05, 3.63) is 0 Å². The van der Waals surface area contributed by atoms with Gasteiger partial charge in [0.05, 0.1) is 0 Å². The maximum Gasteiger partial charge on any atom is 0.115 e. The summed E-state index contributed by atoms with van der Waals surface area (Å²) in [6, 6.07) is 0. The SMILES string of the molecule is CCC12C[C@@H](F)CN1C[C@H](F)C2. The van der Waals surface area contributed by atoms with Gasteiger partial charge in [-0.2, -0.15) is 0 Å². The number of hydrogen-bond donors (Lipinski definition) is 0. The normalized spacial score (nSPS) is 40.2. The second kappa shape index (κ2) is 2.66. The van der Waals surface area contributed by atoms with Gasteiger partial charge in [0.15, 0.2) is 0 Å². The van der Waals surface area contributed by atoms with Gasteiger partial charge in [0.25, 0.3) is 0 Å². The second-order valence-electron chi connectivity index (χ2n) is 4.09. The maximum absolute atomic E-state index is 13.0. The molecule has 0 bridgehead atoms. The molecule has 0 radical (unpaired) electrons. The summed E-state index contributed by atoms with van der Waals surface area (Å²) in [6.45, 7) is 2.94. The molecular formula is C9H15F2N. The molecule has 2 fully saturated rings. The lowest BCUT2D eigenvalue weighted by atomic mass is 9.90. The van der Waals surface area contributed by atoms with E-state index < -0.39 is 12.3 Å². The van der Waals surface area contributed by atoms with Crippen LogP contribution in [0.1, 0.15) is 26.2 Å². The Morgan fingerprint density at radius 2 is 1.75 bits per heavy atom. The Morgan fingerprint density at radius 1 is 1.25 bits per heavy atom. The van der Waals surface area contributed by atoms with Crippen LogP contribution in [0.3, 0.4) is 0 Å². The third-order valence-corrected chi connectivity index (χ3v) is 3.37. The van der Waals surface area contributed by atoms with Crippen LogP contribution in [-0.2, 0) is 0 Å². The van der Waals surface area contributed by atoms with E-state index in [1.54, 1.807) is 0 Å². The third-order valence-electron chi connectivity index (χ3n) is 3.37. The highest BCUT2D eigenvalue weighted by Gasteiger charge is 2.50. The van der Waals surface area contributed by atoms with Gasteiger partial charge >= 0.3 is 0 Å². The van der Waals surface area contributed by atoms with Crippen LogP contribution >= 0.6 is 0 Å². The van der Waals surface area contributed by atoms with Crippen molar-refractivity contribution in [2.45, 2.75) is 44.1 Å². The van der Waals surface area contributed by atoms with Crippen LogP contribution in [0.4, 0.5) is 8.78 Å². The minimum atomic E-state index is -0.725. The summed E-state index contributed by atoms with van der Waals surface area (Å²) in [6.07, 6.45) is 0.525. The zero-order chi connectivity index (χ0) is 8.77. The van der Waals surface area contributed by atoms with Gasteiger partial charge in [-0.3, -0.25) is 4.90 Å². The fraction of sp³-hybridized carbons (Fsp3) is 1.00. The first kappa shape index (κ1) is 8.42. The first-order valence-corrected chi connectivity index (χ1v) is 4.69. The lowest BCUT2D eigenvalue weighted by Gasteiger charge is -2.29. The molecule has 12 heavy (non-hydrogen) atoms. The molecular weight excluding hydrogens is 160 g/mol. The first-order valence-electron chi connectivity index (χ1n) is 4.69. The van der Waals surface area contributed by atoms with Gasteiger partial charge in [0, 0.05) is 18.6 Å². The van der Waals surface area contributed by atoms with E-state index in [0.29, 0.717) is 25.9 Å². The molecule has 0 aromatic rings. The fourth-order valence-electron chi connectivity index (χ4n) is 2.75. The Kier molecular flexibility index (Phi) is 1.86. The van der Waals surface area contributed by atoms with Crippen molar-refractivity contribution in [2.24, 2.45) is 0 Å². The quantitative estimate of drug-likeness (QED) is 0.588. The van der Waals surface area contributed by atoms with Crippen molar-refractivity contribution >= 4 is 0 Å². The summed E-state index contributed by atoms with van der Waals surface area (Å²) in [5.41, 5.74) is -0.126. The van der Waals surface area contributed by atoms with Crippen LogP contribution in [0, 0.1) is 0 Å². The average molecular weight is 175 g/mol. The molecule has 2 aliphatic rings. The highest BCUT2D eigenvalue weighted by Crippen LogP contribution is 2.43. The van der Waals surface area contributed by atoms with E-state index in [1.165, 1.54) is 0 Å². The van der Waals surface area contributed by atoms with Crippen LogP contribution in [0.15, 0.2) is 0 Å². The van der Waals surface area contributed by atoms with E-state index in [9.17, 15) is 8.78 Å². The maximum atomic E-state index is 13.0. The van der Waals surface area contributed by atoms with Crippen molar-refractivity contribution in [1.29, 1.82) is 0 Å². The fourth-order valence-corrected chi connectivity index (χ4v) is 2.75. The predicted octanol–water partition coefficient (Wildman–Crippen LogP) is 1.92. The Morgan fingerprint density at radius 3 is 2.08 bits per heavy atom. The molecule has 70 valence electrons. The largest absolute Gasteiger partial charge is 0.292 e. The Hall–Kier alpha value is -0.180. The van der Waals surface area contributed by atoms with Crippen molar-refractivity contribution < 1.29 is 8.78 Å². The Balaban J connectivity index is 2.16. The summed E-state index contributed by atoms with van der Waals surface area (Å²) in [5.74, 6) is 0. The third kappa shape index (κ3) is 1.06. The monoisotopic (exact) mass is 175 g/mol. The minimum absolute atomic E-state index is 0.126. The predicted molar refractivity (Wildman–Crippen MR) is 43.6 cm³/mol. The smallest absolute Gasteiger partial charge is 0.115 e. The van der Waals surface area contributed by atoms with Gasteiger partial charge in [0.2, 0.25) is 0 Å². The van der Waals surface area contributed by atoms with Gasteiger partial charge in [-0.15, -0.1) is 0 Å². The Bertz CT molecular complexity index is 169. The van der Waals surface area contributed by atoms with Gasteiger partial charge in [0.1, 0.15) is 12.3 Å². The molecule has 3 heteroatoms. The summed E-state index contributed by atoms with van der Waals surface area (Å²) in [5, 5.41) is 0. The lowest BCUT2D eigenvalue weighted by molar-refractivity contribution is 0.189. The number of alkyl halides is 2. The summed E-state index contributed by atoms with van der Waals surface area (Å²) in [4.78, 5) is 2.00. The molecule has 2 heterocycles. The van der Waals surface area contributed by atoms with E-state index in [0.717, 1.165) is 6.42 Å². The molecule has 0 aromatic heterocycles. The van der Waals surface area contributed by atoms with Crippen molar-refractivity contribution in [1.82, 2.24) is 4.90 Å². The zero-order valence-electron chi connectivity index (χ0n) is 7.39. The lowest BCUT2D eigenvalue weighted by Crippen LogP contribution is -2.37. The first-order chi connectivity index (χ1) is 5.66. The van der Waals surface area contributed by atoms with Crippen LogP contribution in [0.2, 0.25) is 0 Å². The van der Waals surface area contributed by atoms with E-state index in [1.807, 2.05) is 11.8 Å². The molecule has 0 N–H and O–H groups in total. The van der Waals surface area contributed by atoms with Gasteiger partial charge in [-0.05, 0) is 19.3 Å². The molecule has 0 aliphatic carbocycles. The molecule has 0 unspecified atom stereocenters. The van der Waals surface area contributed by atoms with E-state index >= 15 is 0 Å². The number of hydrogen-bond acceptors (Lipinski definition) is 1. The molecule has 2 rings (SSSR count). The zero-order valence-corrected chi connectivity index (χ0v) is 7.39. The summed E-state index contributed by atoms with van der Waals surface area (Å²) in [7, 11) is 0. The number of rotatable bonds is 1. The molecule has 2 atom stereocenters. The average Bonchev–Trinajstić information content (AvgIpc) is 2.40. The van der Waals surface area contributed by atoms with E-state index in [4.69, 9.17) is 0 Å². The number of halogens is 2. The Labute approximate surface area is 71.7 Å². The van der Waals surface area contributed by atoms with Crippen molar-refractivity contribution in [3.8, 4) is 0 Å². The van der Waals surface area contributed by atoms with E-state index in [2.05, 4.69) is 0 Å². The topological polar surface area (TPSA) is 3.24 Å². The molecule has 2 saturated heterocycles. The van der Waals surface area contributed by atoms with E-state index in [-0.39, 0.29) is 5.54 Å². The highest BCUT2D eigenvalue weighted by molar-refractivity contribution is 5.05. The molecule has 1 nitrogen and oxygen atoms in total. The van der Waals surface area contributed by atoms with Crippen LogP contribution in [-0.4, -0.2) is 35.9 Å². The molecule has 2 aliphatic heterocycles. The molecule has 0 aromatic carbocycles. The number of fused-ring (bicyclic) bond motifs is 1. The summed E-state index contributed by atoms with van der Waals surface area (Å²) >= 11 is 0. The number of nitrogens with zero attached hydrogens (tertiary/aromatic N) is 1. The molecule has 0 spiro atoms. The van der Waals surface area contributed by atoms with Gasteiger partial charge < -0.3 is 0 Å². The standard InChI is InChI=1S/C9H15F2N/c1-2-9-3-7(10)5-12(9)6-8(11)4-9/h7-8H,2-6H2,1H3/t7-,8-/m1/s1. The van der Waals surface area contributed by atoms with Crippen molar-refractivity contribution in [2.75, 3.05) is 13.1 Å². The second-order valence-corrected chi connectivity index (χ2v) is 4.09.